The number of aromatic nitrogens is 3. The number of rotatable bonds is 0. The number of hydrogen-bond acceptors (Lipinski definition) is 3. The van der Waals surface area contributed by atoms with Crippen LogP contribution in [0.1, 0.15) is 76.5 Å². The number of anilines is 1. The third-order valence-electron chi connectivity index (χ3n) is 5.69. The fourth-order valence-corrected chi connectivity index (χ4v) is 4.57. The second-order valence-corrected chi connectivity index (χ2v) is 7.28. The molecule has 2 aliphatic carbocycles. The van der Waals surface area contributed by atoms with Gasteiger partial charge in [0.05, 0.1) is 5.54 Å². The molecular weight excluding hydrogens is 317 g/mol. The van der Waals surface area contributed by atoms with Crippen LogP contribution in [-0.4, -0.2) is 20.3 Å². The predicted molar refractivity (Wildman–Crippen MR) is 85.4 cm³/mol. The van der Waals surface area contributed by atoms with Crippen molar-refractivity contribution in [2.45, 2.75) is 82.3 Å². The smallest absolute Gasteiger partial charge is 0.345 e. The van der Waals surface area contributed by atoms with Gasteiger partial charge in [0.25, 0.3) is 5.82 Å². The van der Waals surface area contributed by atoms with Gasteiger partial charge >= 0.3 is 6.18 Å². The third-order valence-corrected chi connectivity index (χ3v) is 5.69. The minimum atomic E-state index is -4.51. The third kappa shape index (κ3) is 2.62. The summed E-state index contributed by atoms with van der Waals surface area (Å²) in [5, 5.41) is 7.21. The van der Waals surface area contributed by atoms with E-state index in [4.69, 9.17) is 0 Å². The molecule has 0 amide bonds. The van der Waals surface area contributed by atoms with E-state index in [1.165, 1.54) is 23.1 Å². The zero-order valence-corrected chi connectivity index (χ0v) is 13.8. The molecule has 0 saturated heterocycles. The molecule has 2 heterocycles. The number of fused-ring (bicyclic) bond motifs is 3. The standard InChI is InChI=1S/C17H23F3N4/c18-17(19,20)14-21-15-22-16(10-6-1-2-7-11-16)12-8-4-3-5-9-13(12)24(15)23-14/h1-11H2,(H,21,22,23). The van der Waals surface area contributed by atoms with Crippen molar-refractivity contribution in [2.75, 3.05) is 5.32 Å². The number of nitrogens with zero attached hydrogens (tertiary/aromatic N) is 3. The van der Waals surface area contributed by atoms with Gasteiger partial charge in [0, 0.05) is 5.70 Å². The summed E-state index contributed by atoms with van der Waals surface area (Å²) in [6, 6.07) is 0. The lowest BCUT2D eigenvalue weighted by molar-refractivity contribution is -0.144. The van der Waals surface area contributed by atoms with E-state index in [9.17, 15) is 13.2 Å². The molecule has 0 unspecified atom stereocenters. The zero-order valence-electron chi connectivity index (χ0n) is 13.8. The predicted octanol–water partition coefficient (Wildman–Crippen LogP) is 4.99. The Morgan fingerprint density at radius 2 is 1.58 bits per heavy atom. The van der Waals surface area contributed by atoms with Crippen LogP contribution in [0, 0.1) is 0 Å². The lowest BCUT2D eigenvalue weighted by atomic mass is 9.78. The Hall–Kier alpha value is -1.53. The van der Waals surface area contributed by atoms with Gasteiger partial charge in [0.15, 0.2) is 0 Å². The summed E-state index contributed by atoms with van der Waals surface area (Å²) in [7, 11) is 0. The van der Waals surface area contributed by atoms with E-state index in [-0.39, 0.29) is 11.5 Å². The normalized spacial score (nSPS) is 24.0. The van der Waals surface area contributed by atoms with Gasteiger partial charge in [-0.2, -0.15) is 18.2 Å². The van der Waals surface area contributed by atoms with Gasteiger partial charge < -0.3 is 5.32 Å². The number of allylic oxidation sites excluding steroid dienone is 1. The van der Waals surface area contributed by atoms with Crippen molar-refractivity contribution in [3.63, 3.8) is 0 Å². The summed E-state index contributed by atoms with van der Waals surface area (Å²) < 4.78 is 40.7. The molecule has 132 valence electrons. The van der Waals surface area contributed by atoms with Crippen LogP contribution in [0.15, 0.2) is 5.57 Å². The maximum absolute atomic E-state index is 13.1. The molecule has 4 rings (SSSR count). The summed E-state index contributed by atoms with van der Waals surface area (Å²) in [6.45, 7) is 0. The van der Waals surface area contributed by atoms with Gasteiger partial charge in [-0.3, -0.25) is 0 Å². The minimum absolute atomic E-state index is 0.206. The molecule has 1 aromatic rings. The van der Waals surface area contributed by atoms with Crippen LogP contribution in [0.2, 0.25) is 0 Å². The molecule has 3 aliphatic rings. The summed E-state index contributed by atoms with van der Waals surface area (Å²) in [4.78, 5) is 3.81. The first-order valence-corrected chi connectivity index (χ1v) is 9.05. The van der Waals surface area contributed by atoms with Crippen molar-refractivity contribution in [1.29, 1.82) is 0 Å². The second kappa shape index (κ2) is 5.77. The molecule has 0 atom stereocenters. The highest BCUT2D eigenvalue weighted by molar-refractivity contribution is 5.64. The van der Waals surface area contributed by atoms with Crippen molar-refractivity contribution in [3.05, 3.63) is 11.4 Å². The summed E-state index contributed by atoms with van der Waals surface area (Å²) in [5.41, 5.74) is 2.07. The number of nitrogens with one attached hydrogen (secondary N) is 1. The van der Waals surface area contributed by atoms with Crippen LogP contribution in [0.5, 0.6) is 0 Å². The van der Waals surface area contributed by atoms with Crippen LogP contribution in [-0.2, 0) is 6.18 Å². The number of alkyl halides is 3. The Balaban J connectivity index is 1.83. The first-order chi connectivity index (χ1) is 11.5. The molecule has 0 radical (unpaired) electrons. The lowest BCUT2D eigenvalue weighted by Crippen LogP contribution is -2.44. The number of halogens is 3. The molecule has 0 bridgehead atoms. The number of hydrogen-bond donors (Lipinski definition) is 1. The molecule has 7 heteroatoms. The van der Waals surface area contributed by atoms with Crippen molar-refractivity contribution < 1.29 is 13.2 Å². The molecule has 0 aromatic carbocycles. The summed E-state index contributed by atoms with van der Waals surface area (Å²) >= 11 is 0. The van der Waals surface area contributed by atoms with Crippen LogP contribution >= 0.6 is 0 Å². The van der Waals surface area contributed by atoms with Gasteiger partial charge in [-0.15, -0.1) is 5.10 Å². The Labute approximate surface area is 139 Å². The van der Waals surface area contributed by atoms with Gasteiger partial charge in [0.2, 0.25) is 5.95 Å². The van der Waals surface area contributed by atoms with E-state index in [2.05, 4.69) is 15.4 Å². The van der Waals surface area contributed by atoms with E-state index < -0.39 is 12.0 Å². The minimum Gasteiger partial charge on any atom is -0.345 e. The van der Waals surface area contributed by atoms with Crippen molar-refractivity contribution in [1.82, 2.24) is 14.8 Å². The second-order valence-electron chi connectivity index (χ2n) is 7.28. The van der Waals surface area contributed by atoms with E-state index >= 15 is 0 Å². The first-order valence-electron chi connectivity index (χ1n) is 9.05. The SMILES string of the molecule is FC(F)(F)c1nc2n(n1)C1=C(CCCCC1)C1(CCCCCC1)N2. The van der Waals surface area contributed by atoms with E-state index in [0.717, 1.165) is 63.5 Å². The Morgan fingerprint density at radius 1 is 0.917 bits per heavy atom. The topological polar surface area (TPSA) is 42.7 Å². The molecule has 1 aliphatic heterocycles. The summed E-state index contributed by atoms with van der Waals surface area (Å²) in [5.74, 6) is -0.753. The highest BCUT2D eigenvalue weighted by atomic mass is 19.4. The fraction of sp³-hybridized carbons (Fsp3) is 0.765. The fourth-order valence-electron chi connectivity index (χ4n) is 4.57. The monoisotopic (exact) mass is 340 g/mol. The van der Waals surface area contributed by atoms with E-state index in [0.29, 0.717) is 0 Å². The molecule has 24 heavy (non-hydrogen) atoms. The zero-order chi connectivity index (χ0) is 16.8. The van der Waals surface area contributed by atoms with Crippen molar-refractivity contribution in [2.24, 2.45) is 0 Å². The molecule has 1 saturated carbocycles. The Kier molecular flexibility index (Phi) is 3.84. The van der Waals surface area contributed by atoms with Gasteiger partial charge in [0.1, 0.15) is 0 Å². The summed E-state index contributed by atoms with van der Waals surface area (Å²) in [6.07, 6.45) is 7.10. The molecule has 1 aromatic heterocycles. The average molecular weight is 340 g/mol. The Morgan fingerprint density at radius 3 is 2.29 bits per heavy atom. The van der Waals surface area contributed by atoms with Crippen LogP contribution in [0.4, 0.5) is 19.1 Å². The lowest BCUT2D eigenvalue weighted by Gasteiger charge is -2.41. The van der Waals surface area contributed by atoms with Crippen molar-refractivity contribution in [3.8, 4) is 0 Å². The molecular formula is C17H23F3N4. The van der Waals surface area contributed by atoms with Crippen molar-refractivity contribution >= 4 is 11.6 Å². The largest absolute Gasteiger partial charge is 0.453 e. The maximum Gasteiger partial charge on any atom is 0.453 e. The molecule has 1 spiro atoms. The van der Waals surface area contributed by atoms with Gasteiger partial charge in [-0.05, 0) is 44.1 Å². The van der Waals surface area contributed by atoms with Gasteiger partial charge in [-0.1, -0.05) is 32.1 Å². The van der Waals surface area contributed by atoms with E-state index in [1.807, 2.05) is 0 Å². The van der Waals surface area contributed by atoms with E-state index in [1.54, 1.807) is 0 Å². The average Bonchev–Trinajstić information content (AvgIpc) is 2.71. The van der Waals surface area contributed by atoms with Crippen LogP contribution in [0.25, 0.3) is 5.70 Å². The molecule has 1 fully saturated rings. The quantitative estimate of drug-likeness (QED) is 0.723. The molecule has 4 nitrogen and oxygen atoms in total. The maximum atomic E-state index is 13.1. The van der Waals surface area contributed by atoms with Crippen LogP contribution in [0.3, 0.4) is 0 Å². The molecule has 1 N–H and O–H groups in total. The highest BCUT2D eigenvalue weighted by Crippen LogP contribution is 2.46. The highest BCUT2D eigenvalue weighted by Gasteiger charge is 2.44. The van der Waals surface area contributed by atoms with Crippen LogP contribution < -0.4 is 5.32 Å². The first kappa shape index (κ1) is 16.0. The van der Waals surface area contributed by atoms with Gasteiger partial charge in [-0.25, -0.2) is 4.68 Å². The Bertz CT molecular complexity index is 651.